The fourth-order valence-corrected chi connectivity index (χ4v) is 3.62. The van der Waals surface area contributed by atoms with Crippen LogP contribution in [0.25, 0.3) is 16.7 Å². The van der Waals surface area contributed by atoms with Gasteiger partial charge in [0.25, 0.3) is 0 Å². The van der Waals surface area contributed by atoms with Crippen LogP contribution in [0.5, 0.6) is 0 Å². The van der Waals surface area contributed by atoms with Gasteiger partial charge in [-0.05, 0) is 56.3 Å². The van der Waals surface area contributed by atoms with Gasteiger partial charge in [0.15, 0.2) is 11.2 Å². The van der Waals surface area contributed by atoms with Crippen LogP contribution in [0.15, 0.2) is 74.9 Å². The fraction of sp³-hybridized carbons (Fsp3) is 0.154. The van der Waals surface area contributed by atoms with Crippen LogP contribution < -0.4 is 16.5 Å². The average molecular weight is 459 g/mol. The first-order valence-electron chi connectivity index (χ1n) is 10.5. The largest absolute Gasteiger partial charge is 0.478 e. The second-order valence-electron chi connectivity index (χ2n) is 7.65. The van der Waals surface area contributed by atoms with E-state index in [9.17, 15) is 14.7 Å². The lowest BCUT2D eigenvalue weighted by Gasteiger charge is -2.19. The molecule has 1 unspecified atom stereocenters. The second-order valence-corrected chi connectivity index (χ2v) is 7.65. The molecule has 1 aliphatic heterocycles. The number of aliphatic imine (C=N–C) groups is 1. The van der Waals surface area contributed by atoms with Crippen molar-refractivity contribution in [2.24, 2.45) is 10.7 Å². The number of carboxylic acids is 1. The van der Waals surface area contributed by atoms with Crippen molar-refractivity contribution < 1.29 is 14.3 Å². The van der Waals surface area contributed by atoms with Crippen LogP contribution in [-0.2, 0) is 0 Å². The van der Waals surface area contributed by atoms with Gasteiger partial charge in [-0.25, -0.2) is 4.79 Å². The first-order chi connectivity index (χ1) is 16.2. The molecule has 0 saturated carbocycles. The maximum atomic E-state index is 12.9. The number of rotatable bonds is 5. The molecule has 0 fully saturated rings. The highest BCUT2D eigenvalue weighted by atomic mass is 16.4. The first kappa shape index (κ1) is 24.3. The normalized spacial score (nSPS) is 13.7. The first-order valence-corrected chi connectivity index (χ1v) is 10.5. The van der Waals surface area contributed by atoms with Crippen LogP contribution in [0.2, 0.25) is 0 Å². The van der Waals surface area contributed by atoms with Crippen molar-refractivity contribution in [1.82, 2.24) is 0 Å². The van der Waals surface area contributed by atoms with Gasteiger partial charge in [-0.2, -0.15) is 0 Å². The van der Waals surface area contributed by atoms with Crippen LogP contribution in [0, 0.1) is 12.3 Å². The lowest BCUT2D eigenvalue weighted by Crippen LogP contribution is -2.13. The molecule has 8 heteroatoms. The lowest BCUT2D eigenvalue weighted by atomic mass is 10.00. The number of fused-ring (bicyclic) bond motifs is 1. The minimum absolute atomic E-state index is 0.154. The van der Waals surface area contributed by atoms with Crippen molar-refractivity contribution in [3.8, 4) is 0 Å². The molecule has 174 valence electrons. The molecule has 2 heterocycles. The number of para-hydroxylation sites is 1. The SMILES string of the molecule is C=C1C=C(c2cc(=O)c3cc(C)cc(C(C)Nc4ccccc4C(=O)O)c3o2)N=CC1=N.CN. The van der Waals surface area contributed by atoms with E-state index in [1.165, 1.54) is 25.4 Å². The van der Waals surface area contributed by atoms with Gasteiger partial charge < -0.3 is 20.6 Å². The van der Waals surface area contributed by atoms with E-state index in [-0.39, 0.29) is 28.5 Å². The van der Waals surface area contributed by atoms with E-state index in [4.69, 9.17) is 9.83 Å². The van der Waals surface area contributed by atoms with Gasteiger partial charge in [0.1, 0.15) is 11.3 Å². The number of carbonyl (C=O) groups is 1. The molecule has 5 N–H and O–H groups in total. The van der Waals surface area contributed by atoms with Crippen molar-refractivity contribution in [2.45, 2.75) is 19.9 Å². The molecule has 0 amide bonds. The Bertz CT molecular complexity index is 1420. The monoisotopic (exact) mass is 458 g/mol. The molecule has 0 aliphatic carbocycles. The number of carboxylic acid groups (broad SMARTS) is 1. The number of anilines is 1. The van der Waals surface area contributed by atoms with Gasteiger partial charge in [-0.15, -0.1) is 0 Å². The molecule has 0 bridgehead atoms. The summed E-state index contributed by atoms with van der Waals surface area (Å²) in [6.07, 6.45) is 2.97. The Kier molecular flexibility index (Phi) is 7.23. The van der Waals surface area contributed by atoms with E-state index in [0.717, 1.165) is 5.56 Å². The third kappa shape index (κ3) is 4.87. The predicted octanol–water partition coefficient (Wildman–Crippen LogP) is 4.55. The quantitative estimate of drug-likeness (QED) is 0.442. The minimum Gasteiger partial charge on any atom is -0.478 e. The van der Waals surface area contributed by atoms with Gasteiger partial charge >= 0.3 is 5.97 Å². The van der Waals surface area contributed by atoms with Crippen LogP contribution in [0.4, 0.5) is 5.69 Å². The van der Waals surface area contributed by atoms with E-state index in [1.807, 2.05) is 19.9 Å². The molecule has 3 aromatic rings. The van der Waals surface area contributed by atoms with Crippen molar-refractivity contribution in [2.75, 3.05) is 12.4 Å². The van der Waals surface area contributed by atoms with Crippen LogP contribution in [0.1, 0.15) is 40.2 Å². The summed E-state index contributed by atoms with van der Waals surface area (Å²) >= 11 is 0. The summed E-state index contributed by atoms with van der Waals surface area (Å²) < 4.78 is 6.14. The standard InChI is InChI=1S/C25H21N3O4.CH5N/c1-13-8-17(15(3)28-20-7-5-4-6-16(20)25(30)31)24-18(9-13)22(29)11-23(32-24)21-10-14(2)19(26)12-27-21;1-2/h4-12,15,26,28H,2H2,1,3H3,(H,30,31);2H2,1H3. The molecular formula is C26H26N4O4. The van der Waals surface area contributed by atoms with Crippen LogP contribution in [-0.4, -0.2) is 30.0 Å². The van der Waals surface area contributed by atoms with E-state index < -0.39 is 5.97 Å². The number of hydrogen-bond donors (Lipinski definition) is 4. The number of aromatic carboxylic acids is 1. The summed E-state index contributed by atoms with van der Waals surface area (Å²) in [5.41, 5.74) is 7.98. The summed E-state index contributed by atoms with van der Waals surface area (Å²) in [6, 6.07) is 11.3. The topological polar surface area (TPSA) is 142 Å². The molecule has 0 spiro atoms. The summed E-state index contributed by atoms with van der Waals surface area (Å²) in [7, 11) is 1.50. The van der Waals surface area contributed by atoms with Gasteiger partial charge in [0, 0.05) is 17.3 Å². The van der Waals surface area contributed by atoms with Gasteiger partial charge in [0.05, 0.1) is 28.9 Å². The van der Waals surface area contributed by atoms with E-state index in [0.29, 0.717) is 33.5 Å². The highest BCUT2D eigenvalue weighted by Gasteiger charge is 2.19. The molecule has 0 saturated heterocycles. The minimum atomic E-state index is -1.03. The number of nitrogens with two attached hydrogens (primary N) is 1. The molecular weight excluding hydrogens is 432 g/mol. The zero-order chi connectivity index (χ0) is 25.0. The Labute approximate surface area is 196 Å². The van der Waals surface area contributed by atoms with E-state index in [2.05, 4.69) is 22.6 Å². The molecule has 4 rings (SSSR count). The Balaban J connectivity index is 0.00000158. The summed E-state index contributed by atoms with van der Waals surface area (Å²) in [4.78, 5) is 28.7. The van der Waals surface area contributed by atoms with Crippen molar-refractivity contribution >= 4 is 40.2 Å². The number of nitrogens with zero attached hydrogens (tertiary/aromatic N) is 1. The third-order valence-corrected chi connectivity index (χ3v) is 5.24. The number of nitrogens with one attached hydrogen (secondary N) is 2. The highest BCUT2D eigenvalue weighted by Crippen LogP contribution is 2.31. The zero-order valence-corrected chi connectivity index (χ0v) is 19.2. The molecule has 1 atom stereocenters. The number of benzene rings is 2. The predicted molar refractivity (Wildman–Crippen MR) is 136 cm³/mol. The van der Waals surface area contributed by atoms with Crippen molar-refractivity contribution in [3.63, 3.8) is 0 Å². The number of hydrogen-bond acceptors (Lipinski definition) is 7. The fourth-order valence-electron chi connectivity index (χ4n) is 3.62. The third-order valence-electron chi connectivity index (χ3n) is 5.24. The van der Waals surface area contributed by atoms with Gasteiger partial charge in [-0.1, -0.05) is 24.8 Å². The summed E-state index contributed by atoms with van der Waals surface area (Å²) in [6.45, 7) is 7.57. The maximum absolute atomic E-state index is 12.9. The highest BCUT2D eigenvalue weighted by molar-refractivity contribution is 6.39. The van der Waals surface area contributed by atoms with E-state index in [1.54, 1.807) is 30.3 Å². The van der Waals surface area contributed by atoms with Gasteiger partial charge in [-0.3, -0.25) is 15.2 Å². The number of aryl methyl sites for hydroxylation is 1. The lowest BCUT2D eigenvalue weighted by molar-refractivity contribution is 0.0698. The second kappa shape index (κ2) is 10.1. The van der Waals surface area contributed by atoms with Crippen molar-refractivity contribution in [3.05, 3.63) is 93.4 Å². The Morgan fingerprint density at radius 2 is 1.94 bits per heavy atom. The Morgan fingerprint density at radius 1 is 1.24 bits per heavy atom. The summed E-state index contributed by atoms with van der Waals surface area (Å²) in [5, 5.41) is 20.9. The smallest absolute Gasteiger partial charge is 0.337 e. The Hall–Kier alpha value is -4.30. The number of allylic oxidation sites excluding steroid dienone is 2. The average Bonchev–Trinajstić information content (AvgIpc) is 2.82. The zero-order valence-electron chi connectivity index (χ0n) is 19.2. The van der Waals surface area contributed by atoms with E-state index >= 15 is 0 Å². The molecule has 2 aromatic carbocycles. The maximum Gasteiger partial charge on any atom is 0.337 e. The molecule has 1 aromatic heterocycles. The molecule has 1 aliphatic rings. The molecule has 34 heavy (non-hydrogen) atoms. The Morgan fingerprint density at radius 3 is 2.62 bits per heavy atom. The molecule has 0 radical (unpaired) electrons. The molecule has 8 nitrogen and oxygen atoms in total. The van der Waals surface area contributed by atoms with Crippen LogP contribution in [0.3, 0.4) is 0 Å². The van der Waals surface area contributed by atoms with Gasteiger partial charge in [0.2, 0.25) is 0 Å². The van der Waals surface area contributed by atoms with Crippen LogP contribution >= 0.6 is 0 Å². The van der Waals surface area contributed by atoms with Crippen molar-refractivity contribution in [1.29, 1.82) is 5.41 Å². The summed E-state index contributed by atoms with van der Waals surface area (Å²) in [5.74, 6) is -0.758.